The molecule has 0 radical (unpaired) electrons. The van der Waals surface area contributed by atoms with Crippen molar-refractivity contribution >= 4 is 17.5 Å². The van der Waals surface area contributed by atoms with E-state index in [1.165, 1.54) is 11.1 Å². The molecule has 3 rings (SSSR count). The number of aryl methyl sites for hydroxylation is 1. The molecule has 0 bridgehead atoms. The summed E-state index contributed by atoms with van der Waals surface area (Å²) in [7, 11) is 0. The van der Waals surface area contributed by atoms with Crippen LogP contribution in [0, 0.1) is 12.8 Å². The molecule has 5 heteroatoms. The highest BCUT2D eigenvalue weighted by atomic mass is 16.2. The minimum atomic E-state index is -0.148. The number of hydrogen-bond donors (Lipinski definition) is 2. The minimum absolute atomic E-state index is 0.00623. The summed E-state index contributed by atoms with van der Waals surface area (Å²) in [5.74, 6) is -0.230. The van der Waals surface area contributed by atoms with Gasteiger partial charge in [0.15, 0.2) is 0 Å². The van der Waals surface area contributed by atoms with Crippen molar-refractivity contribution in [3.05, 3.63) is 65.2 Å². The zero-order valence-electron chi connectivity index (χ0n) is 18.3. The average molecular weight is 408 g/mol. The Bertz CT molecular complexity index is 880. The first-order valence-electron chi connectivity index (χ1n) is 11.0. The average Bonchev–Trinajstić information content (AvgIpc) is 2.75. The Morgan fingerprint density at radius 2 is 1.87 bits per heavy atom. The summed E-state index contributed by atoms with van der Waals surface area (Å²) >= 11 is 0. The van der Waals surface area contributed by atoms with Crippen LogP contribution in [-0.4, -0.2) is 35.8 Å². The largest absolute Gasteiger partial charge is 0.350 e. The normalized spacial score (nSPS) is 17.9. The summed E-state index contributed by atoms with van der Waals surface area (Å²) < 4.78 is 0. The molecule has 0 aromatic heterocycles. The molecule has 2 unspecified atom stereocenters. The molecular weight excluding hydrogens is 374 g/mol. The van der Waals surface area contributed by atoms with Gasteiger partial charge in [-0.15, -0.1) is 0 Å². The van der Waals surface area contributed by atoms with Crippen LogP contribution in [0.2, 0.25) is 0 Å². The number of nitrogens with one attached hydrogen (secondary N) is 2. The molecule has 0 spiro atoms. The maximum atomic E-state index is 13.0. The molecule has 30 heavy (non-hydrogen) atoms. The van der Waals surface area contributed by atoms with E-state index < -0.39 is 0 Å². The van der Waals surface area contributed by atoms with Crippen LogP contribution < -0.4 is 10.6 Å². The lowest BCUT2D eigenvalue weighted by molar-refractivity contribution is -0.121. The van der Waals surface area contributed by atoms with Gasteiger partial charge in [0.2, 0.25) is 5.91 Å². The molecule has 1 aliphatic rings. The van der Waals surface area contributed by atoms with Gasteiger partial charge in [0.1, 0.15) is 0 Å². The molecule has 2 atom stereocenters. The first kappa shape index (κ1) is 22.0. The molecule has 2 N–H and O–H groups in total. The fourth-order valence-electron chi connectivity index (χ4n) is 3.87. The van der Waals surface area contributed by atoms with Gasteiger partial charge >= 0.3 is 0 Å². The molecule has 1 heterocycles. The number of likely N-dealkylation sites (tertiary alicyclic amines) is 1. The first-order valence-corrected chi connectivity index (χ1v) is 11.0. The first-order chi connectivity index (χ1) is 14.5. The van der Waals surface area contributed by atoms with Crippen molar-refractivity contribution in [2.24, 2.45) is 5.92 Å². The van der Waals surface area contributed by atoms with Crippen LogP contribution in [0.25, 0.3) is 0 Å². The maximum absolute atomic E-state index is 13.0. The van der Waals surface area contributed by atoms with Crippen molar-refractivity contribution in [1.29, 1.82) is 0 Å². The second-order valence-electron chi connectivity index (χ2n) is 8.32. The third-order valence-corrected chi connectivity index (χ3v) is 5.95. The zero-order valence-corrected chi connectivity index (χ0v) is 18.3. The molecule has 2 aromatic carbocycles. The van der Waals surface area contributed by atoms with Gasteiger partial charge in [-0.1, -0.05) is 43.3 Å². The van der Waals surface area contributed by atoms with E-state index in [0.29, 0.717) is 11.3 Å². The summed E-state index contributed by atoms with van der Waals surface area (Å²) in [6, 6.07) is 15.7. The van der Waals surface area contributed by atoms with E-state index in [1.54, 1.807) is 12.1 Å². The number of para-hydroxylation sites is 1. The minimum Gasteiger partial charge on any atom is -0.350 e. The molecule has 0 aliphatic carbocycles. The predicted octanol–water partition coefficient (Wildman–Crippen LogP) is 4.37. The van der Waals surface area contributed by atoms with E-state index in [1.807, 2.05) is 26.0 Å². The molecular formula is C25H33N3O2. The van der Waals surface area contributed by atoms with E-state index in [4.69, 9.17) is 0 Å². The summed E-state index contributed by atoms with van der Waals surface area (Å²) in [5.41, 5.74) is 3.69. The van der Waals surface area contributed by atoms with Crippen LogP contribution in [0.15, 0.2) is 48.5 Å². The molecule has 0 saturated carbocycles. The van der Waals surface area contributed by atoms with Crippen molar-refractivity contribution in [2.45, 2.75) is 52.6 Å². The van der Waals surface area contributed by atoms with Crippen LogP contribution in [-0.2, 0) is 11.3 Å². The number of hydrogen-bond acceptors (Lipinski definition) is 3. The van der Waals surface area contributed by atoms with Crippen LogP contribution in [0.3, 0.4) is 0 Å². The number of carbonyl (C=O) groups excluding carboxylic acids is 2. The topological polar surface area (TPSA) is 61.4 Å². The van der Waals surface area contributed by atoms with Crippen molar-refractivity contribution in [3.8, 4) is 0 Å². The summed E-state index contributed by atoms with van der Waals surface area (Å²) in [4.78, 5) is 28.0. The molecule has 5 nitrogen and oxygen atoms in total. The van der Waals surface area contributed by atoms with Gasteiger partial charge in [-0.25, -0.2) is 0 Å². The van der Waals surface area contributed by atoms with Gasteiger partial charge in [-0.2, -0.15) is 0 Å². The van der Waals surface area contributed by atoms with Crippen LogP contribution in [0.4, 0.5) is 5.69 Å². The number of carbonyl (C=O) groups is 2. The Balaban J connectivity index is 1.64. The van der Waals surface area contributed by atoms with Gasteiger partial charge in [-0.05, 0) is 62.9 Å². The Kier molecular flexibility index (Phi) is 7.63. The third kappa shape index (κ3) is 5.70. The number of nitrogens with zero attached hydrogens (tertiary/aromatic N) is 1. The van der Waals surface area contributed by atoms with E-state index in [-0.39, 0.29) is 23.8 Å². The van der Waals surface area contributed by atoms with E-state index >= 15 is 0 Å². The molecule has 1 aliphatic heterocycles. The highest BCUT2D eigenvalue weighted by Gasteiger charge is 2.27. The van der Waals surface area contributed by atoms with Gasteiger partial charge in [0, 0.05) is 19.1 Å². The lowest BCUT2D eigenvalue weighted by Gasteiger charge is -2.32. The Morgan fingerprint density at radius 1 is 1.13 bits per heavy atom. The number of benzene rings is 2. The van der Waals surface area contributed by atoms with Gasteiger partial charge in [0.25, 0.3) is 5.91 Å². The monoisotopic (exact) mass is 407 g/mol. The second-order valence-corrected chi connectivity index (χ2v) is 8.32. The number of rotatable bonds is 7. The molecule has 160 valence electrons. The van der Waals surface area contributed by atoms with Crippen molar-refractivity contribution in [2.75, 3.05) is 18.4 Å². The molecule has 1 fully saturated rings. The summed E-state index contributed by atoms with van der Waals surface area (Å²) in [5, 5.41) is 6.00. The fourth-order valence-corrected chi connectivity index (χ4v) is 3.87. The number of amides is 2. The lowest BCUT2D eigenvalue weighted by Crippen LogP contribution is -2.40. The van der Waals surface area contributed by atoms with Gasteiger partial charge in [-0.3, -0.25) is 14.5 Å². The fraction of sp³-hybridized carbons (Fsp3) is 0.440. The van der Waals surface area contributed by atoms with Crippen molar-refractivity contribution < 1.29 is 9.59 Å². The summed E-state index contributed by atoms with van der Waals surface area (Å²) in [6.07, 6.45) is 2.73. The maximum Gasteiger partial charge on any atom is 0.253 e. The van der Waals surface area contributed by atoms with E-state index in [2.05, 4.69) is 46.7 Å². The van der Waals surface area contributed by atoms with Crippen LogP contribution >= 0.6 is 0 Å². The highest BCUT2D eigenvalue weighted by molar-refractivity contribution is 6.04. The molecule has 1 saturated heterocycles. The Morgan fingerprint density at radius 3 is 2.63 bits per heavy atom. The zero-order chi connectivity index (χ0) is 21.5. The van der Waals surface area contributed by atoms with Gasteiger partial charge in [0.05, 0.1) is 17.2 Å². The Labute approximate surface area is 179 Å². The van der Waals surface area contributed by atoms with Crippen LogP contribution in [0.1, 0.15) is 54.6 Å². The van der Waals surface area contributed by atoms with E-state index in [0.717, 1.165) is 38.9 Å². The number of piperidine rings is 1. The molecule has 2 amide bonds. The van der Waals surface area contributed by atoms with Crippen molar-refractivity contribution in [1.82, 2.24) is 10.2 Å². The van der Waals surface area contributed by atoms with Crippen molar-refractivity contribution in [3.63, 3.8) is 0 Å². The summed E-state index contributed by atoms with van der Waals surface area (Å²) in [6.45, 7) is 8.75. The SMILES string of the molecule is CCC(C)NC(=O)c1ccccc1NC(=O)C1CCCN(Cc2ccccc2C)C1. The highest BCUT2D eigenvalue weighted by Crippen LogP contribution is 2.23. The Hall–Kier alpha value is -2.66. The third-order valence-electron chi connectivity index (χ3n) is 5.95. The quantitative estimate of drug-likeness (QED) is 0.716. The van der Waals surface area contributed by atoms with Gasteiger partial charge < -0.3 is 10.6 Å². The smallest absolute Gasteiger partial charge is 0.253 e. The number of anilines is 1. The lowest BCUT2D eigenvalue weighted by atomic mass is 9.96. The molecule has 2 aromatic rings. The van der Waals surface area contributed by atoms with E-state index in [9.17, 15) is 9.59 Å². The van der Waals surface area contributed by atoms with Crippen LogP contribution in [0.5, 0.6) is 0 Å². The second kappa shape index (κ2) is 10.4. The standard InChI is InChI=1S/C25H33N3O2/c1-4-19(3)26-25(30)22-13-7-8-14-23(22)27-24(29)21-12-9-15-28(17-21)16-20-11-6-5-10-18(20)2/h5-8,10-11,13-14,19,21H,4,9,12,15-17H2,1-3H3,(H,26,30)(H,27,29). The predicted molar refractivity (Wildman–Crippen MR) is 121 cm³/mol.